The molecule has 3 rings (SSSR count). The van der Waals surface area contributed by atoms with Crippen LogP contribution in [-0.4, -0.2) is 33.2 Å². The molecular formula is C21H25N3O2. The van der Waals surface area contributed by atoms with E-state index in [2.05, 4.69) is 22.0 Å². The van der Waals surface area contributed by atoms with Crippen LogP contribution in [0.25, 0.3) is 11.4 Å². The van der Waals surface area contributed by atoms with Crippen LogP contribution in [0.5, 0.6) is 5.75 Å². The summed E-state index contributed by atoms with van der Waals surface area (Å²) in [4.78, 5) is 6.84. The standard InChI is InChI=1S/C21H25N3O2/c1-2-14-24(16-18-11-6-7-12-19(18)25)15-8-13-20-22-21(23-26-20)17-9-4-3-5-10-17/h3-7,9-12,25H,2,8,13-16H2,1H3. The number of rotatable bonds is 9. The fraction of sp³-hybridized carbons (Fsp3) is 0.333. The zero-order chi connectivity index (χ0) is 18.2. The van der Waals surface area contributed by atoms with Gasteiger partial charge < -0.3 is 9.63 Å². The van der Waals surface area contributed by atoms with E-state index in [4.69, 9.17) is 4.52 Å². The van der Waals surface area contributed by atoms with E-state index >= 15 is 0 Å². The number of phenolic OH excluding ortho intramolecular Hbond substituents is 1. The number of hydrogen-bond donors (Lipinski definition) is 1. The molecule has 1 heterocycles. The van der Waals surface area contributed by atoms with Gasteiger partial charge in [-0.1, -0.05) is 60.6 Å². The maximum Gasteiger partial charge on any atom is 0.227 e. The van der Waals surface area contributed by atoms with E-state index in [0.29, 0.717) is 17.5 Å². The second-order valence-electron chi connectivity index (χ2n) is 6.39. The Kier molecular flexibility index (Phi) is 6.39. The van der Waals surface area contributed by atoms with Crippen molar-refractivity contribution in [3.63, 3.8) is 0 Å². The molecule has 1 aromatic heterocycles. The maximum absolute atomic E-state index is 9.98. The first-order chi connectivity index (χ1) is 12.8. The van der Waals surface area contributed by atoms with Crippen LogP contribution < -0.4 is 0 Å². The Labute approximate surface area is 154 Å². The monoisotopic (exact) mass is 351 g/mol. The number of aryl methyl sites for hydroxylation is 1. The second kappa shape index (κ2) is 9.15. The lowest BCUT2D eigenvalue weighted by Gasteiger charge is -2.21. The van der Waals surface area contributed by atoms with Crippen molar-refractivity contribution in [3.05, 3.63) is 66.1 Å². The molecule has 0 aliphatic carbocycles. The number of aromatic nitrogens is 2. The Balaban J connectivity index is 1.54. The number of aromatic hydroxyl groups is 1. The van der Waals surface area contributed by atoms with Gasteiger partial charge in [0, 0.05) is 24.1 Å². The molecule has 0 bridgehead atoms. The summed E-state index contributed by atoms with van der Waals surface area (Å²) in [5, 5.41) is 14.0. The summed E-state index contributed by atoms with van der Waals surface area (Å²) in [5.41, 5.74) is 1.93. The quantitative estimate of drug-likeness (QED) is 0.623. The molecule has 1 N–H and O–H groups in total. The van der Waals surface area contributed by atoms with Gasteiger partial charge in [-0.3, -0.25) is 4.90 Å². The molecule has 0 radical (unpaired) electrons. The summed E-state index contributed by atoms with van der Waals surface area (Å²) in [6.45, 7) is 4.83. The van der Waals surface area contributed by atoms with Crippen molar-refractivity contribution in [3.8, 4) is 17.1 Å². The molecule has 0 saturated carbocycles. The zero-order valence-corrected chi connectivity index (χ0v) is 15.1. The van der Waals surface area contributed by atoms with Crippen molar-refractivity contribution in [1.82, 2.24) is 15.0 Å². The van der Waals surface area contributed by atoms with Crippen molar-refractivity contribution in [2.45, 2.75) is 32.7 Å². The molecule has 5 nitrogen and oxygen atoms in total. The van der Waals surface area contributed by atoms with Crippen molar-refractivity contribution in [2.75, 3.05) is 13.1 Å². The molecular weight excluding hydrogens is 326 g/mol. The molecule has 0 fully saturated rings. The van der Waals surface area contributed by atoms with Gasteiger partial charge in [0.2, 0.25) is 11.7 Å². The molecule has 0 amide bonds. The second-order valence-corrected chi connectivity index (χ2v) is 6.39. The van der Waals surface area contributed by atoms with Crippen LogP contribution in [0.4, 0.5) is 0 Å². The largest absolute Gasteiger partial charge is 0.508 e. The molecule has 0 spiro atoms. The van der Waals surface area contributed by atoms with E-state index in [1.807, 2.05) is 48.5 Å². The highest BCUT2D eigenvalue weighted by molar-refractivity contribution is 5.53. The minimum Gasteiger partial charge on any atom is -0.508 e. The minimum absolute atomic E-state index is 0.359. The highest BCUT2D eigenvalue weighted by Crippen LogP contribution is 2.19. The van der Waals surface area contributed by atoms with Gasteiger partial charge in [0.25, 0.3) is 0 Å². The third-order valence-electron chi connectivity index (χ3n) is 4.29. The average Bonchev–Trinajstić information content (AvgIpc) is 3.13. The van der Waals surface area contributed by atoms with Crippen LogP contribution >= 0.6 is 0 Å². The topological polar surface area (TPSA) is 62.4 Å². The van der Waals surface area contributed by atoms with Crippen molar-refractivity contribution in [1.29, 1.82) is 0 Å². The van der Waals surface area contributed by atoms with Gasteiger partial charge >= 0.3 is 0 Å². The molecule has 3 aromatic rings. The fourth-order valence-electron chi connectivity index (χ4n) is 2.99. The third kappa shape index (κ3) is 4.92. The lowest BCUT2D eigenvalue weighted by atomic mass is 10.1. The Morgan fingerprint density at radius 2 is 1.77 bits per heavy atom. The molecule has 0 saturated heterocycles. The Bertz CT molecular complexity index is 802. The van der Waals surface area contributed by atoms with E-state index in [0.717, 1.165) is 50.0 Å². The smallest absolute Gasteiger partial charge is 0.227 e. The summed E-state index contributed by atoms with van der Waals surface area (Å²) < 4.78 is 5.38. The Morgan fingerprint density at radius 1 is 1.00 bits per heavy atom. The summed E-state index contributed by atoms with van der Waals surface area (Å²) in [7, 11) is 0. The fourth-order valence-corrected chi connectivity index (χ4v) is 2.99. The van der Waals surface area contributed by atoms with Crippen molar-refractivity contribution in [2.24, 2.45) is 0 Å². The van der Waals surface area contributed by atoms with Crippen molar-refractivity contribution >= 4 is 0 Å². The summed E-state index contributed by atoms with van der Waals surface area (Å²) in [6.07, 6.45) is 2.76. The van der Waals surface area contributed by atoms with Crippen LogP contribution in [-0.2, 0) is 13.0 Å². The number of phenols is 1. The van der Waals surface area contributed by atoms with E-state index < -0.39 is 0 Å². The molecule has 0 aliphatic heterocycles. The van der Waals surface area contributed by atoms with E-state index in [1.54, 1.807) is 6.07 Å². The van der Waals surface area contributed by atoms with Gasteiger partial charge in [-0.05, 0) is 32.0 Å². The van der Waals surface area contributed by atoms with Crippen LogP contribution in [0.15, 0.2) is 59.1 Å². The van der Waals surface area contributed by atoms with Gasteiger partial charge in [-0.2, -0.15) is 4.98 Å². The number of benzene rings is 2. The SMILES string of the molecule is CCCN(CCCc1nc(-c2ccccc2)no1)Cc1ccccc1O. The lowest BCUT2D eigenvalue weighted by molar-refractivity contribution is 0.254. The first-order valence-electron chi connectivity index (χ1n) is 9.13. The van der Waals surface area contributed by atoms with E-state index in [1.165, 1.54) is 0 Å². The number of nitrogens with zero attached hydrogens (tertiary/aromatic N) is 3. The molecule has 0 unspecified atom stereocenters. The van der Waals surface area contributed by atoms with E-state index in [9.17, 15) is 5.11 Å². The van der Waals surface area contributed by atoms with Gasteiger partial charge in [-0.25, -0.2) is 0 Å². The Morgan fingerprint density at radius 3 is 2.54 bits per heavy atom. The number of hydrogen-bond acceptors (Lipinski definition) is 5. The Hall–Kier alpha value is -2.66. The average molecular weight is 351 g/mol. The third-order valence-corrected chi connectivity index (χ3v) is 4.29. The van der Waals surface area contributed by atoms with Crippen LogP contribution in [0.3, 0.4) is 0 Å². The minimum atomic E-state index is 0.359. The highest BCUT2D eigenvalue weighted by Gasteiger charge is 2.11. The van der Waals surface area contributed by atoms with Crippen LogP contribution in [0.2, 0.25) is 0 Å². The highest BCUT2D eigenvalue weighted by atomic mass is 16.5. The maximum atomic E-state index is 9.98. The van der Waals surface area contributed by atoms with Crippen molar-refractivity contribution < 1.29 is 9.63 Å². The van der Waals surface area contributed by atoms with Gasteiger partial charge in [0.15, 0.2) is 0 Å². The first kappa shape index (κ1) is 18.1. The molecule has 0 aliphatic rings. The summed E-state index contributed by atoms with van der Waals surface area (Å²) in [6, 6.07) is 17.4. The van der Waals surface area contributed by atoms with Crippen LogP contribution in [0.1, 0.15) is 31.2 Å². The predicted octanol–water partition coefficient (Wildman–Crippen LogP) is 4.29. The molecule has 0 atom stereocenters. The number of para-hydroxylation sites is 1. The van der Waals surface area contributed by atoms with Gasteiger partial charge in [0.1, 0.15) is 5.75 Å². The molecule has 26 heavy (non-hydrogen) atoms. The zero-order valence-electron chi connectivity index (χ0n) is 15.1. The van der Waals surface area contributed by atoms with E-state index in [-0.39, 0.29) is 0 Å². The lowest BCUT2D eigenvalue weighted by Crippen LogP contribution is -2.25. The molecule has 2 aromatic carbocycles. The van der Waals surface area contributed by atoms with Gasteiger partial charge in [0.05, 0.1) is 0 Å². The summed E-state index contributed by atoms with van der Waals surface area (Å²) in [5.74, 6) is 1.67. The van der Waals surface area contributed by atoms with Gasteiger partial charge in [-0.15, -0.1) is 0 Å². The summed E-state index contributed by atoms with van der Waals surface area (Å²) >= 11 is 0. The normalized spacial score (nSPS) is 11.2. The molecule has 5 heteroatoms. The first-order valence-corrected chi connectivity index (χ1v) is 9.13. The van der Waals surface area contributed by atoms with Crippen LogP contribution in [0, 0.1) is 0 Å². The molecule has 136 valence electrons. The predicted molar refractivity (Wildman–Crippen MR) is 102 cm³/mol.